The molecule has 38 heavy (non-hydrogen) atoms. The second kappa shape index (κ2) is 13.6. The van der Waals surface area contributed by atoms with Crippen LogP contribution in [0.15, 0.2) is 65.6 Å². The Morgan fingerprint density at radius 2 is 1.87 bits per heavy atom. The summed E-state index contributed by atoms with van der Waals surface area (Å²) in [6.45, 7) is 6.11. The Morgan fingerprint density at radius 1 is 1.08 bits per heavy atom. The summed E-state index contributed by atoms with van der Waals surface area (Å²) in [5.41, 5.74) is 3.01. The number of nitrogens with zero attached hydrogens (tertiary/aromatic N) is 1. The number of anilines is 2. The minimum absolute atomic E-state index is 0.0367. The maximum Gasteiger partial charge on any atom is 0.250 e. The monoisotopic (exact) mass is 535 g/mol. The van der Waals surface area contributed by atoms with Crippen molar-refractivity contribution in [3.8, 4) is 0 Å². The molecule has 2 N–H and O–H groups in total. The van der Waals surface area contributed by atoms with Gasteiger partial charge >= 0.3 is 0 Å². The first-order valence-electron chi connectivity index (χ1n) is 13.1. The van der Waals surface area contributed by atoms with Crippen molar-refractivity contribution in [1.82, 2.24) is 5.32 Å². The molecule has 2 atom stereocenters. The van der Waals surface area contributed by atoms with Gasteiger partial charge in [0.15, 0.2) is 0 Å². The van der Waals surface area contributed by atoms with Crippen molar-refractivity contribution in [2.75, 3.05) is 49.4 Å². The minimum Gasteiger partial charge on any atom is -0.382 e. The van der Waals surface area contributed by atoms with Crippen LogP contribution in [-0.4, -0.2) is 57.1 Å². The molecule has 0 radical (unpaired) electrons. The van der Waals surface area contributed by atoms with E-state index in [2.05, 4.69) is 64.1 Å². The average Bonchev–Trinajstić information content (AvgIpc) is 3.10. The van der Waals surface area contributed by atoms with E-state index in [9.17, 15) is 9.59 Å². The number of methoxy groups -OCH3 is 1. The SMILES string of the molecule is CC[C@@H](C)C(=O)N[C@H]1CSc2c(NC(=O)COCCOC)cccc2N(Cc2cccc3ccccc23)C1. The van der Waals surface area contributed by atoms with Crippen molar-refractivity contribution < 1.29 is 19.1 Å². The molecule has 0 fully saturated rings. The van der Waals surface area contributed by atoms with Gasteiger partial charge in [0.05, 0.1) is 35.5 Å². The third-order valence-corrected chi connectivity index (χ3v) is 8.08. The fraction of sp³-hybridized carbons (Fsp3) is 0.400. The van der Waals surface area contributed by atoms with Gasteiger partial charge in [-0.1, -0.05) is 62.4 Å². The lowest BCUT2D eigenvalue weighted by molar-refractivity contribution is -0.125. The smallest absolute Gasteiger partial charge is 0.250 e. The number of hydrogen-bond acceptors (Lipinski definition) is 6. The number of carbonyl (C=O) groups is 2. The second-order valence-electron chi connectivity index (χ2n) is 9.59. The molecule has 1 aliphatic rings. The van der Waals surface area contributed by atoms with Crippen LogP contribution < -0.4 is 15.5 Å². The lowest BCUT2D eigenvalue weighted by atomic mass is 10.0. The van der Waals surface area contributed by atoms with E-state index < -0.39 is 0 Å². The summed E-state index contributed by atoms with van der Waals surface area (Å²) in [5.74, 6) is 0.543. The molecule has 0 aliphatic carbocycles. The van der Waals surface area contributed by atoms with Gasteiger partial charge < -0.3 is 25.0 Å². The Kier molecular flexibility index (Phi) is 10.0. The van der Waals surface area contributed by atoms with Gasteiger partial charge in [-0.25, -0.2) is 0 Å². The molecule has 1 heterocycles. The van der Waals surface area contributed by atoms with E-state index in [-0.39, 0.29) is 30.4 Å². The van der Waals surface area contributed by atoms with Gasteiger partial charge in [0.1, 0.15) is 6.61 Å². The van der Waals surface area contributed by atoms with Crippen molar-refractivity contribution in [2.24, 2.45) is 5.92 Å². The third-order valence-electron chi connectivity index (χ3n) is 6.79. The number of ether oxygens (including phenoxy) is 2. The van der Waals surface area contributed by atoms with E-state index in [0.717, 1.165) is 22.7 Å². The standard InChI is InChI=1S/C30H37N3O4S/c1-4-21(2)30(35)31-24-18-33(17-23-11-7-10-22-9-5-6-12-25(22)23)27-14-8-13-26(29(27)38-20-24)32-28(34)19-37-16-15-36-3/h5-14,21,24H,4,15-20H2,1-3H3,(H,31,35)(H,32,34)/t21-,24-/m1/s1. The van der Waals surface area contributed by atoms with Crippen molar-refractivity contribution in [1.29, 1.82) is 0 Å². The number of fused-ring (bicyclic) bond motifs is 2. The Labute approximate surface area is 229 Å². The van der Waals surface area contributed by atoms with E-state index in [1.165, 1.54) is 16.3 Å². The highest BCUT2D eigenvalue weighted by atomic mass is 32.2. The molecule has 0 unspecified atom stereocenters. The van der Waals surface area contributed by atoms with Crippen molar-refractivity contribution in [2.45, 2.75) is 37.8 Å². The Bertz CT molecular complexity index is 1250. The minimum atomic E-state index is -0.207. The molecule has 202 valence electrons. The third kappa shape index (κ3) is 7.07. The summed E-state index contributed by atoms with van der Waals surface area (Å²) in [6, 6.07) is 20.7. The van der Waals surface area contributed by atoms with Gasteiger partial charge in [-0.3, -0.25) is 9.59 Å². The summed E-state index contributed by atoms with van der Waals surface area (Å²) in [6.07, 6.45) is 0.800. The first-order chi connectivity index (χ1) is 18.5. The molecule has 1 aliphatic heterocycles. The van der Waals surface area contributed by atoms with Crippen LogP contribution in [-0.2, 0) is 25.6 Å². The van der Waals surface area contributed by atoms with Crippen molar-refractivity contribution in [3.05, 3.63) is 66.2 Å². The van der Waals surface area contributed by atoms with Crippen LogP contribution in [0.4, 0.5) is 11.4 Å². The highest BCUT2D eigenvalue weighted by Gasteiger charge is 2.27. The van der Waals surface area contributed by atoms with Crippen molar-refractivity contribution in [3.63, 3.8) is 0 Å². The van der Waals surface area contributed by atoms with E-state index in [4.69, 9.17) is 9.47 Å². The summed E-state index contributed by atoms with van der Waals surface area (Å²) >= 11 is 1.67. The lowest BCUT2D eigenvalue weighted by Gasteiger charge is -2.29. The highest BCUT2D eigenvalue weighted by molar-refractivity contribution is 7.99. The van der Waals surface area contributed by atoms with Gasteiger partial charge in [0.2, 0.25) is 11.8 Å². The first-order valence-corrected chi connectivity index (χ1v) is 14.1. The number of benzene rings is 3. The zero-order valence-corrected chi connectivity index (χ0v) is 23.2. The number of amides is 2. The largest absolute Gasteiger partial charge is 0.382 e. The summed E-state index contributed by atoms with van der Waals surface area (Å²) in [4.78, 5) is 28.8. The van der Waals surface area contributed by atoms with E-state index >= 15 is 0 Å². The predicted molar refractivity (Wildman–Crippen MR) is 155 cm³/mol. The molecule has 2 amide bonds. The molecular weight excluding hydrogens is 498 g/mol. The molecule has 8 heteroatoms. The lowest BCUT2D eigenvalue weighted by Crippen LogP contribution is -2.46. The summed E-state index contributed by atoms with van der Waals surface area (Å²) < 4.78 is 10.4. The topological polar surface area (TPSA) is 79.9 Å². The van der Waals surface area contributed by atoms with Gasteiger partial charge in [0.25, 0.3) is 0 Å². The maximum absolute atomic E-state index is 12.8. The Morgan fingerprint density at radius 3 is 2.68 bits per heavy atom. The fourth-order valence-electron chi connectivity index (χ4n) is 4.52. The molecule has 7 nitrogen and oxygen atoms in total. The molecule has 0 saturated carbocycles. The van der Waals surface area contributed by atoms with E-state index in [1.54, 1.807) is 18.9 Å². The molecule has 4 rings (SSSR count). The van der Waals surface area contributed by atoms with E-state index in [1.807, 2.05) is 26.0 Å². The number of carbonyl (C=O) groups excluding carboxylic acids is 2. The van der Waals surface area contributed by atoms with Gasteiger partial charge in [0, 0.05) is 31.9 Å². The summed E-state index contributed by atoms with van der Waals surface area (Å²) in [5, 5.41) is 8.72. The van der Waals surface area contributed by atoms with E-state index in [0.29, 0.717) is 32.1 Å². The molecule has 0 bridgehead atoms. The van der Waals surface area contributed by atoms with Gasteiger partial charge in [-0.15, -0.1) is 11.8 Å². The highest BCUT2D eigenvalue weighted by Crippen LogP contribution is 2.40. The van der Waals surface area contributed by atoms with Crippen LogP contribution in [0, 0.1) is 5.92 Å². The number of rotatable bonds is 11. The number of thioether (sulfide) groups is 1. The zero-order valence-electron chi connectivity index (χ0n) is 22.4. The number of hydrogen-bond donors (Lipinski definition) is 2. The molecule has 3 aromatic rings. The van der Waals surface area contributed by atoms with Crippen molar-refractivity contribution >= 4 is 45.7 Å². The van der Waals surface area contributed by atoms with Crippen LogP contribution in [0.25, 0.3) is 10.8 Å². The molecule has 3 aromatic carbocycles. The zero-order chi connectivity index (χ0) is 26.9. The summed E-state index contributed by atoms with van der Waals surface area (Å²) in [7, 11) is 1.60. The maximum atomic E-state index is 12.8. The quantitative estimate of drug-likeness (QED) is 0.333. The molecular formula is C30H37N3O4S. The average molecular weight is 536 g/mol. The van der Waals surface area contributed by atoms with Crippen LogP contribution in [0.2, 0.25) is 0 Å². The fourth-order valence-corrected chi connectivity index (χ4v) is 5.70. The van der Waals surface area contributed by atoms with Gasteiger partial charge in [-0.05, 0) is 34.9 Å². The number of nitrogens with one attached hydrogen (secondary N) is 2. The second-order valence-corrected chi connectivity index (χ2v) is 10.6. The predicted octanol–water partition coefficient (Wildman–Crippen LogP) is 5.08. The van der Waals surface area contributed by atoms with Gasteiger partial charge in [-0.2, -0.15) is 0 Å². The van der Waals surface area contributed by atoms with Crippen LogP contribution >= 0.6 is 11.8 Å². The molecule has 0 saturated heterocycles. The van der Waals surface area contributed by atoms with Crippen LogP contribution in [0.5, 0.6) is 0 Å². The Hall–Kier alpha value is -3.07. The molecule has 0 aromatic heterocycles. The van der Waals surface area contributed by atoms with Crippen LogP contribution in [0.1, 0.15) is 25.8 Å². The normalized spacial score (nSPS) is 16.0. The Balaban J connectivity index is 1.62. The first kappa shape index (κ1) is 28.0. The molecule has 0 spiro atoms. The van der Waals surface area contributed by atoms with Crippen LogP contribution in [0.3, 0.4) is 0 Å².